The van der Waals surface area contributed by atoms with Crippen LogP contribution in [0.5, 0.6) is 0 Å². The van der Waals surface area contributed by atoms with Gasteiger partial charge in [0.05, 0.1) is 10.7 Å². The second-order valence-electron chi connectivity index (χ2n) is 7.57. The molecule has 1 aliphatic rings. The Kier molecular flexibility index (Phi) is 6.77. The van der Waals surface area contributed by atoms with E-state index in [0.29, 0.717) is 6.04 Å². The van der Waals surface area contributed by atoms with Crippen molar-refractivity contribution >= 4 is 22.9 Å². The fourth-order valence-corrected chi connectivity index (χ4v) is 3.99. The van der Waals surface area contributed by atoms with Gasteiger partial charge in [0.1, 0.15) is 0 Å². The predicted octanol–water partition coefficient (Wildman–Crippen LogP) is 3.64. The molecule has 0 amide bonds. The van der Waals surface area contributed by atoms with Crippen molar-refractivity contribution in [3.05, 3.63) is 30.1 Å². The van der Waals surface area contributed by atoms with Crippen molar-refractivity contribution < 1.29 is 0 Å². The molecule has 27 heavy (non-hydrogen) atoms. The number of tetrazole rings is 1. The minimum Gasteiger partial charge on any atom is -0.378 e. The van der Waals surface area contributed by atoms with E-state index in [9.17, 15) is 0 Å². The lowest BCUT2D eigenvalue weighted by molar-refractivity contribution is 0.278. The Morgan fingerprint density at radius 3 is 2.48 bits per heavy atom. The van der Waals surface area contributed by atoms with E-state index in [1.54, 1.807) is 0 Å². The molecule has 6 nitrogen and oxygen atoms in total. The van der Waals surface area contributed by atoms with Gasteiger partial charge in [-0.2, -0.15) is 4.68 Å². The van der Waals surface area contributed by atoms with Crippen LogP contribution in [0.3, 0.4) is 0 Å². The third kappa shape index (κ3) is 5.03. The summed E-state index contributed by atoms with van der Waals surface area (Å²) in [7, 11) is 6.23. The van der Waals surface area contributed by atoms with Crippen molar-refractivity contribution in [1.82, 2.24) is 25.1 Å². The average molecular weight is 387 g/mol. The molecule has 0 N–H and O–H groups in total. The molecule has 0 atom stereocenters. The second-order valence-corrected chi connectivity index (χ2v) is 8.04. The first-order valence-corrected chi connectivity index (χ1v) is 10.3. The zero-order valence-electron chi connectivity index (χ0n) is 16.6. The molecule has 0 saturated heterocycles. The number of nitrogens with zero attached hydrogens (tertiary/aromatic N) is 6. The van der Waals surface area contributed by atoms with Gasteiger partial charge in [0.2, 0.25) is 0 Å². The standard InChI is InChI=1S/C20H30N6S/c1-24(2)16-12-14-18(15-13-16)26-19(21-22-23-26)10-7-11-20(27)25(3)17-8-5-4-6-9-17/h12-15,17H,4-11H2,1-3H3. The Morgan fingerprint density at radius 2 is 1.81 bits per heavy atom. The van der Waals surface area contributed by atoms with Crippen LogP contribution in [-0.4, -0.2) is 57.3 Å². The van der Waals surface area contributed by atoms with E-state index in [4.69, 9.17) is 12.2 Å². The van der Waals surface area contributed by atoms with Crippen LogP contribution < -0.4 is 4.90 Å². The molecule has 0 aliphatic heterocycles. The van der Waals surface area contributed by atoms with Gasteiger partial charge in [0.25, 0.3) is 0 Å². The molecule has 0 bridgehead atoms. The lowest BCUT2D eigenvalue weighted by Crippen LogP contribution is -2.37. The average Bonchev–Trinajstić information content (AvgIpc) is 3.16. The topological polar surface area (TPSA) is 50.1 Å². The number of aromatic nitrogens is 4. The maximum Gasteiger partial charge on any atom is 0.156 e. The molecule has 1 heterocycles. The molecular weight excluding hydrogens is 356 g/mol. The van der Waals surface area contributed by atoms with Crippen molar-refractivity contribution in [2.45, 2.75) is 57.4 Å². The van der Waals surface area contributed by atoms with E-state index in [1.807, 2.05) is 18.8 Å². The minimum absolute atomic E-state index is 0.631. The van der Waals surface area contributed by atoms with Crippen LogP contribution in [0.15, 0.2) is 24.3 Å². The van der Waals surface area contributed by atoms with E-state index in [1.165, 1.54) is 32.1 Å². The van der Waals surface area contributed by atoms with Gasteiger partial charge in [-0.15, -0.1) is 5.10 Å². The van der Waals surface area contributed by atoms with Crippen LogP contribution in [0, 0.1) is 0 Å². The highest BCUT2D eigenvalue weighted by atomic mass is 32.1. The first kappa shape index (κ1) is 19.7. The highest BCUT2D eigenvalue weighted by Crippen LogP contribution is 2.23. The van der Waals surface area contributed by atoms with Gasteiger partial charge in [-0.05, 0) is 60.4 Å². The van der Waals surface area contributed by atoms with Crippen LogP contribution in [0.1, 0.15) is 50.8 Å². The first-order valence-electron chi connectivity index (χ1n) is 9.87. The summed E-state index contributed by atoms with van der Waals surface area (Å²) in [6.45, 7) is 0. The molecule has 3 rings (SSSR count). The van der Waals surface area contributed by atoms with Crippen molar-refractivity contribution in [1.29, 1.82) is 0 Å². The summed E-state index contributed by atoms with van der Waals surface area (Å²) in [4.78, 5) is 5.47. The predicted molar refractivity (Wildman–Crippen MR) is 114 cm³/mol. The summed E-state index contributed by atoms with van der Waals surface area (Å²) >= 11 is 5.68. The van der Waals surface area contributed by atoms with Crippen LogP contribution in [-0.2, 0) is 6.42 Å². The number of thiocarbonyl (C=S) groups is 1. The maximum atomic E-state index is 5.68. The molecule has 1 aliphatic carbocycles. The summed E-state index contributed by atoms with van der Waals surface area (Å²) in [6.07, 6.45) is 9.28. The summed E-state index contributed by atoms with van der Waals surface area (Å²) in [6, 6.07) is 8.89. The molecule has 1 aromatic carbocycles. The highest BCUT2D eigenvalue weighted by molar-refractivity contribution is 7.80. The quantitative estimate of drug-likeness (QED) is 0.677. The van der Waals surface area contributed by atoms with Gasteiger partial charge in [0, 0.05) is 39.3 Å². The zero-order valence-corrected chi connectivity index (χ0v) is 17.5. The van der Waals surface area contributed by atoms with E-state index in [2.05, 4.69) is 56.6 Å². The number of hydrogen-bond donors (Lipinski definition) is 0. The van der Waals surface area contributed by atoms with E-state index >= 15 is 0 Å². The molecule has 1 aromatic heterocycles. The fraction of sp³-hybridized carbons (Fsp3) is 0.600. The number of anilines is 1. The Labute approximate surface area is 167 Å². The Bertz CT molecular complexity index is 733. The van der Waals surface area contributed by atoms with E-state index < -0.39 is 0 Å². The summed E-state index contributed by atoms with van der Waals surface area (Å²) in [5, 5.41) is 12.3. The van der Waals surface area contributed by atoms with Crippen LogP contribution in [0.4, 0.5) is 5.69 Å². The molecule has 0 radical (unpaired) electrons. The third-order valence-electron chi connectivity index (χ3n) is 5.45. The molecule has 1 fully saturated rings. The minimum atomic E-state index is 0.631. The summed E-state index contributed by atoms with van der Waals surface area (Å²) in [5.74, 6) is 0.885. The smallest absolute Gasteiger partial charge is 0.156 e. The first-order chi connectivity index (χ1) is 13.1. The largest absolute Gasteiger partial charge is 0.378 e. The van der Waals surface area contributed by atoms with Crippen molar-refractivity contribution in [3.63, 3.8) is 0 Å². The van der Waals surface area contributed by atoms with Gasteiger partial charge in [-0.25, -0.2) is 0 Å². The van der Waals surface area contributed by atoms with Crippen LogP contribution >= 0.6 is 12.2 Å². The van der Waals surface area contributed by atoms with Crippen molar-refractivity contribution in [3.8, 4) is 5.69 Å². The molecule has 146 valence electrons. The molecule has 1 saturated carbocycles. The van der Waals surface area contributed by atoms with E-state index in [-0.39, 0.29) is 0 Å². The van der Waals surface area contributed by atoms with Gasteiger partial charge in [0.15, 0.2) is 5.82 Å². The van der Waals surface area contributed by atoms with Crippen molar-refractivity contribution in [2.24, 2.45) is 0 Å². The number of aryl methyl sites for hydroxylation is 1. The normalized spacial score (nSPS) is 14.9. The summed E-state index contributed by atoms with van der Waals surface area (Å²) < 4.78 is 1.83. The highest BCUT2D eigenvalue weighted by Gasteiger charge is 2.19. The van der Waals surface area contributed by atoms with Crippen LogP contribution in [0.2, 0.25) is 0 Å². The molecular formula is C20H30N6S. The third-order valence-corrected chi connectivity index (χ3v) is 5.94. The van der Waals surface area contributed by atoms with E-state index in [0.717, 1.165) is 41.5 Å². The SMILES string of the molecule is CN(C)c1ccc(-n2nnnc2CCCC(=S)N(C)C2CCCCC2)cc1. The van der Waals surface area contributed by atoms with Gasteiger partial charge < -0.3 is 9.80 Å². The van der Waals surface area contributed by atoms with Gasteiger partial charge in [-0.3, -0.25) is 0 Å². The second kappa shape index (κ2) is 9.26. The number of benzene rings is 1. The number of rotatable bonds is 7. The van der Waals surface area contributed by atoms with Gasteiger partial charge in [-0.1, -0.05) is 31.5 Å². The molecule has 2 aromatic rings. The summed E-state index contributed by atoms with van der Waals surface area (Å²) in [5.41, 5.74) is 2.15. The molecule has 0 spiro atoms. The lowest BCUT2D eigenvalue weighted by atomic mass is 9.94. The lowest BCUT2D eigenvalue weighted by Gasteiger charge is -2.33. The monoisotopic (exact) mass is 386 g/mol. The molecule has 7 heteroatoms. The van der Waals surface area contributed by atoms with Crippen LogP contribution in [0.25, 0.3) is 5.69 Å². The maximum absolute atomic E-state index is 5.68. The fourth-order valence-electron chi connectivity index (χ4n) is 3.70. The molecule has 0 unspecified atom stereocenters. The Hall–Kier alpha value is -2.02. The number of hydrogen-bond acceptors (Lipinski definition) is 5. The Balaban J connectivity index is 1.54. The Morgan fingerprint density at radius 1 is 1.11 bits per heavy atom. The zero-order chi connectivity index (χ0) is 19.2. The van der Waals surface area contributed by atoms with Crippen molar-refractivity contribution in [2.75, 3.05) is 26.0 Å². The van der Waals surface area contributed by atoms with Gasteiger partial charge >= 0.3 is 0 Å².